The topological polar surface area (TPSA) is 21.3 Å². The van der Waals surface area contributed by atoms with E-state index in [4.69, 9.17) is 4.74 Å². The zero-order valence-corrected chi connectivity index (χ0v) is 13.2. The fourth-order valence-corrected chi connectivity index (χ4v) is 2.41. The van der Waals surface area contributed by atoms with Crippen LogP contribution in [0.1, 0.15) is 51.1 Å². The molecule has 0 aliphatic rings. The lowest BCUT2D eigenvalue weighted by molar-refractivity contribution is 0.392. The lowest BCUT2D eigenvalue weighted by Gasteiger charge is -2.21. The Morgan fingerprint density at radius 3 is 2.67 bits per heavy atom. The standard InChI is InChI=1S/C15H24BrNO/c1-4-6-7-14(17-10-5-2)13-9-8-12(16)11-15(13)18-3/h8-9,11,14,17H,4-7,10H2,1-3H3. The number of ether oxygens (including phenoxy) is 1. The predicted octanol–water partition coefficient (Wildman–Crippen LogP) is 4.69. The molecule has 1 atom stereocenters. The number of halogens is 1. The molecule has 1 aromatic rings. The van der Waals surface area contributed by atoms with Crippen LogP contribution in [0.5, 0.6) is 5.75 Å². The Labute approximate surface area is 119 Å². The fourth-order valence-electron chi connectivity index (χ4n) is 2.07. The van der Waals surface area contributed by atoms with Gasteiger partial charge >= 0.3 is 0 Å². The van der Waals surface area contributed by atoms with E-state index in [1.807, 2.05) is 6.07 Å². The molecule has 0 saturated heterocycles. The van der Waals surface area contributed by atoms with Crippen LogP contribution in [-0.2, 0) is 0 Å². The first-order chi connectivity index (χ1) is 8.72. The first-order valence-corrected chi connectivity index (χ1v) is 7.59. The van der Waals surface area contributed by atoms with Gasteiger partial charge in [-0.25, -0.2) is 0 Å². The number of hydrogen-bond acceptors (Lipinski definition) is 2. The number of methoxy groups -OCH3 is 1. The number of nitrogens with one attached hydrogen (secondary N) is 1. The molecule has 0 fully saturated rings. The summed E-state index contributed by atoms with van der Waals surface area (Å²) in [5, 5.41) is 3.62. The molecule has 1 aromatic carbocycles. The maximum atomic E-state index is 5.50. The quantitative estimate of drug-likeness (QED) is 0.751. The number of rotatable bonds is 8. The average Bonchev–Trinajstić information content (AvgIpc) is 2.39. The second kappa shape index (κ2) is 8.54. The summed E-state index contributed by atoms with van der Waals surface area (Å²) in [7, 11) is 1.74. The minimum Gasteiger partial charge on any atom is -0.496 e. The molecule has 0 bridgehead atoms. The summed E-state index contributed by atoms with van der Waals surface area (Å²) in [5.41, 5.74) is 1.27. The van der Waals surface area contributed by atoms with E-state index in [0.29, 0.717) is 6.04 Å². The van der Waals surface area contributed by atoms with Gasteiger partial charge in [0.05, 0.1) is 7.11 Å². The van der Waals surface area contributed by atoms with E-state index >= 15 is 0 Å². The highest BCUT2D eigenvalue weighted by molar-refractivity contribution is 9.10. The zero-order valence-electron chi connectivity index (χ0n) is 11.6. The van der Waals surface area contributed by atoms with Crippen molar-refractivity contribution in [2.24, 2.45) is 0 Å². The van der Waals surface area contributed by atoms with Crippen molar-refractivity contribution in [3.8, 4) is 5.75 Å². The van der Waals surface area contributed by atoms with Gasteiger partial charge in [-0.15, -0.1) is 0 Å². The zero-order chi connectivity index (χ0) is 13.4. The van der Waals surface area contributed by atoms with Crippen LogP contribution in [0.4, 0.5) is 0 Å². The summed E-state index contributed by atoms with van der Waals surface area (Å²) in [6.45, 7) is 5.48. The molecule has 0 spiro atoms. The van der Waals surface area contributed by atoms with E-state index in [0.717, 1.165) is 29.6 Å². The summed E-state index contributed by atoms with van der Waals surface area (Å²) in [5.74, 6) is 0.967. The van der Waals surface area contributed by atoms with Crippen LogP contribution in [-0.4, -0.2) is 13.7 Å². The SMILES string of the molecule is CCCCC(NCCC)c1ccc(Br)cc1OC. The van der Waals surface area contributed by atoms with E-state index < -0.39 is 0 Å². The molecule has 1 N–H and O–H groups in total. The van der Waals surface area contributed by atoms with Crippen LogP contribution in [0.3, 0.4) is 0 Å². The molecule has 0 aliphatic carbocycles. The van der Waals surface area contributed by atoms with Crippen LogP contribution in [0, 0.1) is 0 Å². The molecule has 3 heteroatoms. The van der Waals surface area contributed by atoms with Gasteiger partial charge in [-0.05, 0) is 31.5 Å². The lowest BCUT2D eigenvalue weighted by Crippen LogP contribution is -2.22. The molecule has 1 unspecified atom stereocenters. The first-order valence-electron chi connectivity index (χ1n) is 6.79. The Morgan fingerprint density at radius 2 is 2.06 bits per heavy atom. The smallest absolute Gasteiger partial charge is 0.124 e. The fraction of sp³-hybridized carbons (Fsp3) is 0.600. The van der Waals surface area contributed by atoms with E-state index in [2.05, 4.69) is 47.2 Å². The number of hydrogen-bond donors (Lipinski definition) is 1. The summed E-state index contributed by atoms with van der Waals surface area (Å²) in [4.78, 5) is 0. The number of benzene rings is 1. The molecule has 2 nitrogen and oxygen atoms in total. The van der Waals surface area contributed by atoms with Gasteiger partial charge in [-0.1, -0.05) is 48.7 Å². The van der Waals surface area contributed by atoms with Crippen molar-refractivity contribution < 1.29 is 4.74 Å². The third-order valence-electron chi connectivity index (χ3n) is 3.06. The Hall–Kier alpha value is -0.540. The highest BCUT2D eigenvalue weighted by atomic mass is 79.9. The molecule has 0 aliphatic heterocycles. The lowest BCUT2D eigenvalue weighted by atomic mass is 10.00. The van der Waals surface area contributed by atoms with Gasteiger partial charge in [-0.2, -0.15) is 0 Å². The van der Waals surface area contributed by atoms with Crippen LogP contribution in [0.2, 0.25) is 0 Å². The van der Waals surface area contributed by atoms with Gasteiger partial charge in [0.1, 0.15) is 5.75 Å². The highest BCUT2D eigenvalue weighted by Gasteiger charge is 2.15. The van der Waals surface area contributed by atoms with Crippen molar-refractivity contribution in [1.82, 2.24) is 5.32 Å². The third kappa shape index (κ3) is 4.62. The Morgan fingerprint density at radius 1 is 1.28 bits per heavy atom. The van der Waals surface area contributed by atoms with Crippen LogP contribution in [0.15, 0.2) is 22.7 Å². The summed E-state index contributed by atoms with van der Waals surface area (Å²) < 4.78 is 6.56. The van der Waals surface area contributed by atoms with E-state index in [1.165, 1.54) is 18.4 Å². The summed E-state index contributed by atoms with van der Waals surface area (Å²) >= 11 is 3.49. The molecular formula is C15H24BrNO. The first kappa shape index (κ1) is 15.5. The summed E-state index contributed by atoms with van der Waals surface area (Å²) in [6, 6.07) is 6.69. The van der Waals surface area contributed by atoms with E-state index in [-0.39, 0.29) is 0 Å². The molecule has 18 heavy (non-hydrogen) atoms. The molecule has 0 aromatic heterocycles. The van der Waals surface area contributed by atoms with Gasteiger partial charge in [0.2, 0.25) is 0 Å². The van der Waals surface area contributed by atoms with Crippen molar-refractivity contribution in [3.63, 3.8) is 0 Å². The predicted molar refractivity (Wildman–Crippen MR) is 81.3 cm³/mol. The molecule has 1 rings (SSSR count). The highest BCUT2D eigenvalue weighted by Crippen LogP contribution is 2.31. The molecule has 102 valence electrons. The van der Waals surface area contributed by atoms with Crippen LogP contribution >= 0.6 is 15.9 Å². The van der Waals surface area contributed by atoms with E-state index in [9.17, 15) is 0 Å². The van der Waals surface area contributed by atoms with Crippen molar-refractivity contribution in [1.29, 1.82) is 0 Å². The van der Waals surface area contributed by atoms with Crippen LogP contribution in [0.25, 0.3) is 0 Å². The van der Waals surface area contributed by atoms with Crippen molar-refractivity contribution >= 4 is 15.9 Å². The van der Waals surface area contributed by atoms with Crippen molar-refractivity contribution in [2.45, 2.75) is 45.6 Å². The largest absolute Gasteiger partial charge is 0.496 e. The van der Waals surface area contributed by atoms with Gasteiger partial charge in [0.25, 0.3) is 0 Å². The number of unbranched alkanes of at least 4 members (excludes halogenated alkanes) is 1. The van der Waals surface area contributed by atoms with Gasteiger partial charge in [0.15, 0.2) is 0 Å². The second-order valence-electron chi connectivity index (χ2n) is 4.54. The summed E-state index contributed by atoms with van der Waals surface area (Å²) in [6.07, 6.45) is 4.78. The van der Waals surface area contributed by atoms with Crippen LogP contribution < -0.4 is 10.1 Å². The molecule has 0 radical (unpaired) electrons. The molecule has 0 amide bonds. The van der Waals surface area contributed by atoms with Gasteiger partial charge in [-0.3, -0.25) is 0 Å². The minimum absolute atomic E-state index is 0.396. The van der Waals surface area contributed by atoms with Gasteiger partial charge < -0.3 is 10.1 Å². The Bertz CT molecular complexity index is 346. The van der Waals surface area contributed by atoms with E-state index in [1.54, 1.807) is 7.11 Å². The molecular weight excluding hydrogens is 290 g/mol. The third-order valence-corrected chi connectivity index (χ3v) is 3.55. The average molecular weight is 314 g/mol. The molecule has 0 saturated carbocycles. The Kier molecular flexibility index (Phi) is 7.36. The Balaban J connectivity index is 2.88. The minimum atomic E-state index is 0.396. The van der Waals surface area contributed by atoms with Gasteiger partial charge in [0, 0.05) is 16.1 Å². The monoisotopic (exact) mass is 313 g/mol. The maximum absolute atomic E-state index is 5.50. The maximum Gasteiger partial charge on any atom is 0.124 e. The van der Waals surface area contributed by atoms with Crippen molar-refractivity contribution in [2.75, 3.05) is 13.7 Å². The molecule has 0 heterocycles. The second-order valence-corrected chi connectivity index (χ2v) is 5.45. The van der Waals surface area contributed by atoms with Crippen molar-refractivity contribution in [3.05, 3.63) is 28.2 Å². The normalized spacial score (nSPS) is 12.4.